The van der Waals surface area contributed by atoms with Gasteiger partial charge in [-0.2, -0.15) is 0 Å². The summed E-state index contributed by atoms with van der Waals surface area (Å²) in [6.07, 6.45) is 1.17. The van der Waals surface area contributed by atoms with E-state index in [9.17, 15) is 9.59 Å². The molecule has 3 heterocycles. The van der Waals surface area contributed by atoms with Crippen LogP contribution in [0.1, 0.15) is 12.8 Å². The highest BCUT2D eigenvalue weighted by molar-refractivity contribution is 5.78. The number of carbonyl (C=O) groups excluding carboxylic acids is 2. The van der Waals surface area contributed by atoms with Crippen LogP contribution >= 0.6 is 0 Å². The zero-order chi connectivity index (χ0) is 20.0. The van der Waals surface area contributed by atoms with Crippen LogP contribution in [0.2, 0.25) is 0 Å². The molecule has 0 unspecified atom stereocenters. The van der Waals surface area contributed by atoms with E-state index < -0.39 is 0 Å². The average Bonchev–Trinajstić information content (AvgIpc) is 2.72. The lowest BCUT2D eigenvalue weighted by atomic mass is 10.2. The van der Waals surface area contributed by atoms with Crippen molar-refractivity contribution in [2.75, 3.05) is 106 Å². The molecule has 8 nitrogen and oxygen atoms in total. The molecule has 0 saturated carbocycles. The predicted octanol–water partition coefficient (Wildman–Crippen LogP) is -0.609. The monoisotopic (exact) mass is 398 g/mol. The van der Waals surface area contributed by atoms with Crippen LogP contribution in [0.3, 0.4) is 0 Å². The van der Waals surface area contributed by atoms with Gasteiger partial charge in [-0.1, -0.05) is 0 Å². The second-order valence-electron chi connectivity index (χ2n) is 9.07. The number of likely N-dealkylation sites (N-methyl/N-ethyl adjacent to an activating group) is 2. The molecular formula is C20H38N4O4+2. The quantitative estimate of drug-likeness (QED) is 0.560. The first-order chi connectivity index (χ1) is 13.4. The lowest BCUT2D eigenvalue weighted by molar-refractivity contribution is -0.916. The summed E-state index contributed by atoms with van der Waals surface area (Å²) >= 11 is 0. The number of ether oxygens (including phenoxy) is 2. The molecule has 2 amide bonds. The van der Waals surface area contributed by atoms with Gasteiger partial charge in [0.05, 0.1) is 66.5 Å². The van der Waals surface area contributed by atoms with E-state index in [1.807, 2.05) is 9.80 Å². The molecule has 0 spiro atoms. The van der Waals surface area contributed by atoms with Gasteiger partial charge < -0.3 is 28.2 Å². The Kier molecular flexibility index (Phi) is 7.31. The number of carbonyl (C=O) groups is 2. The van der Waals surface area contributed by atoms with Crippen LogP contribution in [0.5, 0.6) is 0 Å². The Hall–Kier alpha value is -1.22. The molecule has 3 fully saturated rings. The molecule has 0 N–H and O–H groups in total. The molecule has 0 bridgehead atoms. The van der Waals surface area contributed by atoms with Crippen molar-refractivity contribution < 1.29 is 28.0 Å². The van der Waals surface area contributed by atoms with Crippen molar-refractivity contribution in [3.63, 3.8) is 0 Å². The Labute approximate surface area is 169 Å². The maximum absolute atomic E-state index is 12.6. The van der Waals surface area contributed by atoms with Gasteiger partial charge >= 0.3 is 0 Å². The van der Waals surface area contributed by atoms with Crippen molar-refractivity contribution in [1.82, 2.24) is 9.80 Å². The Morgan fingerprint density at radius 3 is 1.32 bits per heavy atom. The number of nitrogens with zero attached hydrogens (tertiary/aromatic N) is 4. The maximum atomic E-state index is 12.6. The lowest BCUT2D eigenvalue weighted by Gasteiger charge is -2.39. The number of piperazine rings is 1. The van der Waals surface area contributed by atoms with Gasteiger partial charge in [0, 0.05) is 26.2 Å². The van der Waals surface area contributed by atoms with Crippen LogP contribution in [-0.2, 0) is 19.1 Å². The summed E-state index contributed by atoms with van der Waals surface area (Å²) in [5.74, 6) is 0.452. The van der Waals surface area contributed by atoms with E-state index in [0.29, 0.717) is 39.0 Å². The maximum Gasteiger partial charge on any atom is 0.228 e. The van der Waals surface area contributed by atoms with Crippen molar-refractivity contribution in [2.24, 2.45) is 0 Å². The van der Waals surface area contributed by atoms with Gasteiger partial charge in [-0.3, -0.25) is 9.59 Å². The van der Waals surface area contributed by atoms with Gasteiger partial charge in [0.25, 0.3) is 0 Å². The van der Waals surface area contributed by atoms with E-state index in [1.165, 1.54) is 0 Å². The summed E-state index contributed by atoms with van der Waals surface area (Å²) < 4.78 is 12.7. The summed E-state index contributed by atoms with van der Waals surface area (Å²) in [4.78, 5) is 29.1. The first-order valence-corrected chi connectivity index (χ1v) is 10.8. The Morgan fingerprint density at radius 1 is 0.679 bits per heavy atom. The molecule has 0 aromatic heterocycles. The molecule has 160 valence electrons. The van der Waals surface area contributed by atoms with E-state index in [-0.39, 0.29) is 11.8 Å². The normalized spacial score (nSPS) is 24.8. The Bertz CT molecular complexity index is 488. The first-order valence-electron chi connectivity index (χ1n) is 10.8. The molecule has 8 heteroatoms. The molecule has 28 heavy (non-hydrogen) atoms. The van der Waals surface area contributed by atoms with E-state index in [2.05, 4.69) is 14.1 Å². The average molecular weight is 399 g/mol. The van der Waals surface area contributed by atoms with Crippen molar-refractivity contribution in [2.45, 2.75) is 12.8 Å². The molecule has 3 saturated heterocycles. The van der Waals surface area contributed by atoms with E-state index in [4.69, 9.17) is 9.47 Å². The molecule has 0 aliphatic carbocycles. The fraction of sp³-hybridized carbons (Fsp3) is 0.900. The molecular weight excluding hydrogens is 360 g/mol. The summed E-state index contributed by atoms with van der Waals surface area (Å²) in [6.45, 7) is 11.5. The highest BCUT2D eigenvalue weighted by atomic mass is 16.5. The summed E-state index contributed by atoms with van der Waals surface area (Å²) in [6, 6.07) is 0. The fourth-order valence-corrected chi connectivity index (χ4v) is 4.27. The lowest BCUT2D eigenvalue weighted by Crippen LogP contribution is -2.55. The highest BCUT2D eigenvalue weighted by Crippen LogP contribution is 2.13. The van der Waals surface area contributed by atoms with Crippen molar-refractivity contribution in [3.05, 3.63) is 0 Å². The van der Waals surface area contributed by atoms with Crippen LogP contribution in [0.4, 0.5) is 0 Å². The standard InChI is InChI=1S/C20H38N4O4/c1-23(11-15-27-16-12-23)9-3-19(25)21-5-7-22(8-6-21)20(26)4-10-24(2)13-17-28-18-14-24/h3-18H2,1-2H3/q+2. The van der Waals surface area contributed by atoms with Crippen molar-refractivity contribution in [3.8, 4) is 0 Å². The SMILES string of the molecule is C[N+]1(CCC(=O)N2CCN(C(=O)CC[N+]3(C)CCOCC3)CC2)CCOCC1. The first kappa shape index (κ1) is 21.5. The van der Waals surface area contributed by atoms with Gasteiger partial charge in [-0.25, -0.2) is 0 Å². The Morgan fingerprint density at radius 2 is 1.00 bits per heavy atom. The highest BCUT2D eigenvalue weighted by Gasteiger charge is 2.30. The fourth-order valence-electron chi connectivity index (χ4n) is 4.27. The molecule has 0 aromatic carbocycles. The second kappa shape index (κ2) is 9.52. The predicted molar refractivity (Wildman–Crippen MR) is 106 cm³/mol. The largest absolute Gasteiger partial charge is 0.370 e. The van der Waals surface area contributed by atoms with Gasteiger partial charge in [0.1, 0.15) is 26.2 Å². The van der Waals surface area contributed by atoms with Crippen LogP contribution in [0, 0.1) is 0 Å². The van der Waals surface area contributed by atoms with Gasteiger partial charge in [-0.15, -0.1) is 0 Å². The minimum Gasteiger partial charge on any atom is -0.370 e. The molecule has 0 atom stereocenters. The third-order valence-electron chi connectivity index (χ3n) is 6.82. The number of amides is 2. The van der Waals surface area contributed by atoms with Crippen LogP contribution in [-0.4, -0.2) is 137 Å². The number of rotatable bonds is 6. The van der Waals surface area contributed by atoms with Crippen molar-refractivity contribution >= 4 is 11.8 Å². The third-order valence-corrected chi connectivity index (χ3v) is 6.82. The zero-order valence-electron chi connectivity index (χ0n) is 17.7. The molecule has 3 rings (SSSR count). The number of hydrogen-bond donors (Lipinski definition) is 0. The smallest absolute Gasteiger partial charge is 0.228 e. The number of hydrogen-bond acceptors (Lipinski definition) is 4. The molecule has 3 aliphatic heterocycles. The minimum absolute atomic E-state index is 0.226. The summed E-state index contributed by atoms with van der Waals surface area (Å²) in [7, 11) is 4.42. The molecule has 0 radical (unpaired) electrons. The van der Waals surface area contributed by atoms with E-state index in [1.54, 1.807) is 0 Å². The molecule has 0 aromatic rings. The van der Waals surface area contributed by atoms with Crippen LogP contribution in [0.25, 0.3) is 0 Å². The summed E-state index contributed by atoms with van der Waals surface area (Å²) in [5, 5.41) is 0. The van der Waals surface area contributed by atoms with Gasteiger partial charge in [0.2, 0.25) is 11.8 Å². The van der Waals surface area contributed by atoms with E-state index in [0.717, 1.165) is 74.7 Å². The van der Waals surface area contributed by atoms with Gasteiger partial charge in [-0.05, 0) is 0 Å². The van der Waals surface area contributed by atoms with Crippen LogP contribution in [0.15, 0.2) is 0 Å². The minimum atomic E-state index is 0.226. The van der Waals surface area contributed by atoms with Crippen molar-refractivity contribution in [1.29, 1.82) is 0 Å². The number of morpholine rings is 2. The summed E-state index contributed by atoms with van der Waals surface area (Å²) in [5.41, 5.74) is 0. The van der Waals surface area contributed by atoms with Crippen LogP contribution < -0.4 is 0 Å². The Balaban J connectivity index is 1.36. The second-order valence-corrected chi connectivity index (χ2v) is 9.07. The molecule has 3 aliphatic rings. The third kappa shape index (κ3) is 5.89. The zero-order valence-corrected chi connectivity index (χ0v) is 17.7. The van der Waals surface area contributed by atoms with E-state index >= 15 is 0 Å². The number of quaternary nitrogens is 2. The van der Waals surface area contributed by atoms with Gasteiger partial charge in [0.15, 0.2) is 0 Å². The topological polar surface area (TPSA) is 59.1 Å².